The maximum absolute atomic E-state index is 6.49. The summed E-state index contributed by atoms with van der Waals surface area (Å²) >= 11 is 2.43. The first-order valence-electron chi connectivity index (χ1n) is 7.47. The van der Waals surface area contributed by atoms with Crippen LogP contribution >= 0.6 is 22.6 Å². The van der Waals surface area contributed by atoms with Gasteiger partial charge in [0.1, 0.15) is 11.2 Å². The van der Waals surface area contributed by atoms with Gasteiger partial charge >= 0.3 is 0 Å². The molecule has 4 saturated heterocycles. The van der Waals surface area contributed by atoms with Crippen LogP contribution in [0.1, 0.15) is 46.5 Å². The lowest BCUT2D eigenvalue weighted by molar-refractivity contribution is -0.524. The van der Waals surface area contributed by atoms with Crippen molar-refractivity contribution in [1.82, 2.24) is 0 Å². The fraction of sp³-hybridized carbons (Fsp3) is 1.00. The number of hydrogen-bond donors (Lipinski definition) is 0. The Labute approximate surface area is 135 Å². The smallest absolute Gasteiger partial charge is 0.200 e. The van der Waals surface area contributed by atoms with Crippen molar-refractivity contribution in [2.45, 2.75) is 69.2 Å². The molecule has 1 spiro atoms. The second-order valence-electron chi connectivity index (χ2n) is 7.03. The third kappa shape index (κ3) is 1.93. The fourth-order valence-electron chi connectivity index (χ4n) is 4.02. The Balaban J connectivity index is 1.91. The van der Waals surface area contributed by atoms with E-state index in [0.29, 0.717) is 5.92 Å². The summed E-state index contributed by atoms with van der Waals surface area (Å²) in [5, 5.41) is 0. The standard InChI is InChI=1S/C15H25IO4/c1-12(2)14(17-4)8-7-13(3,19-12)15(20-14)6-5-11(9-16)10-18-15/h11H,5-10H2,1-4H3/t11-,13+,14+,15+/m1/s1. The maximum Gasteiger partial charge on any atom is 0.200 e. The summed E-state index contributed by atoms with van der Waals surface area (Å²) < 4.78 is 26.1. The molecule has 20 heavy (non-hydrogen) atoms. The second kappa shape index (κ2) is 4.78. The first kappa shape index (κ1) is 15.5. The van der Waals surface area contributed by atoms with E-state index >= 15 is 0 Å². The van der Waals surface area contributed by atoms with Crippen molar-refractivity contribution in [1.29, 1.82) is 0 Å². The van der Waals surface area contributed by atoms with Crippen LogP contribution in [0.5, 0.6) is 0 Å². The highest BCUT2D eigenvalue weighted by Gasteiger charge is 2.71. The zero-order valence-corrected chi connectivity index (χ0v) is 15.0. The molecule has 0 aromatic carbocycles. The zero-order chi connectivity index (χ0) is 14.6. The molecular weight excluding hydrogens is 371 g/mol. The Morgan fingerprint density at radius 3 is 2.40 bits per heavy atom. The van der Waals surface area contributed by atoms with E-state index < -0.39 is 17.2 Å². The predicted molar refractivity (Wildman–Crippen MR) is 83.9 cm³/mol. The first-order valence-corrected chi connectivity index (χ1v) is 9.00. The lowest BCUT2D eigenvalue weighted by Gasteiger charge is -2.67. The summed E-state index contributed by atoms with van der Waals surface area (Å²) in [5.74, 6) is -0.707. The number of alkyl halides is 1. The number of fused-ring (bicyclic) bond motifs is 2. The third-order valence-electron chi connectivity index (χ3n) is 5.45. The minimum atomic E-state index is -0.693. The van der Waals surface area contributed by atoms with Gasteiger partial charge in [-0.25, -0.2) is 0 Å². The normalized spacial score (nSPS) is 50.5. The van der Waals surface area contributed by atoms with Gasteiger partial charge in [-0.2, -0.15) is 0 Å². The van der Waals surface area contributed by atoms with Crippen LogP contribution in [-0.4, -0.2) is 40.9 Å². The molecule has 4 atom stereocenters. The van der Waals surface area contributed by atoms with Crippen molar-refractivity contribution in [3.8, 4) is 0 Å². The van der Waals surface area contributed by atoms with Gasteiger partial charge in [-0.15, -0.1) is 0 Å². The average molecular weight is 396 g/mol. The highest BCUT2D eigenvalue weighted by molar-refractivity contribution is 14.1. The molecule has 0 aromatic heterocycles. The average Bonchev–Trinajstić information content (AvgIpc) is 2.41. The molecule has 0 unspecified atom stereocenters. The number of methoxy groups -OCH3 is 1. The zero-order valence-electron chi connectivity index (χ0n) is 12.8. The first-order chi connectivity index (χ1) is 9.32. The monoisotopic (exact) mass is 396 g/mol. The van der Waals surface area contributed by atoms with Gasteiger partial charge in [-0.05, 0) is 39.5 Å². The summed E-state index contributed by atoms with van der Waals surface area (Å²) in [6.45, 7) is 6.99. The molecule has 4 fully saturated rings. The van der Waals surface area contributed by atoms with Crippen LogP contribution in [0.3, 0.4) is 0 Å². The molecule has 0 radical (unpaired) electrons. The van der Waals surface area contributed by atoms with Crippen molar-refractivity contribution in [3.05, 3.63) is 0 Å². The van der Waals surface area contributed by atoms with Crippen LogP contribution in [0.2, 0.25) is 0 Å². The molecule has 0 aliphatic carbocycles. The summed E-state index contributed by atoms with van der Waals surface area (Å²) in [6, 6.07) is 0. The van der Waals surface area contributed by atoms with E-state index in [1.165, 1.54) is 0 Å². The summed E-state index contributed by atoms with van der Waals surface area (Å²) in [6.07, 6.45) is 3.79. The molecule has 4 aliphatic rings. The lowest BCUT2D eigenvalue weighted by atomic mass is 9.72. The highest BCUT2D eigenvalue weighted by atomic mass is 127. The molecule has 116 valence electrons. The number of halogens is 1. The fourth-order valence-corrected chi connectivity index (χ4v) is 4.72. The maximum atomic E-state index is 6.49. The Morgan fingerprint density at radius 1 is 1.15 bits per heavy atom. The van der Waals surface area contributed by atoms with Gasteiger partial charge in [0.05, 0.1) is 6.61 Å². The molecule has 2 bridgehead atoms. The van der Waals surface area contributed by atoms with Gasteiger partial charge < -0.3 is 18.9 Å². The van der Waals surface area contributed by atoms with Crippen LogP contribution in [0.15, 0.2) is 0 Å². The predicted octanol–water partition coefficient (Wildman–Crippen LogP) is 3.26. The van der Waals surface area contributed by atoms with Crippen molar-refractivity contribution < 1.29 is 18.9 Å². The topological polar surface area (TPSA) is 36.9 Å². The van der Waals surface area contributed by atoms with Crippen LogP contribution in [0.25, 0.3) is 0 Å². The molecule has 5 heteroatoms. The number of ether oxygens (including phenoxy) is 4. The highest BCUT2D eigenvalue weighted by Crippen LogP contribution is 2.59. The minimum Gasteiger partial charge on any atom is -0.358 e. The third-order valence-corrected chi connectivity index (χ3v) is 6.69. The lowest BCUT2D eigenvalue weighted by Crippen LogP contribution is -2.78. The van der Waals surface area contributed by atoms with Crippen molar-refractivity contribution in [3.63, 3.8) is 0 Å². The van der Waals surface area contributed by atoms with Crippen LogP contribution in [-0.2, 0) is 18.9 Å². The van der Waals surface area contributed by atoms with E-state index in [-0.39, 0.29) is 5.60 Å². The number of rotatable bonds is 2. The minimum absolute atomic E-state index is 0.382. The largest absolute Gasteiger partial charge is 0.358 e. The molecule has 0 aromatic rings. The molecule has 4 rings (SSSR count). The quantitative estimate of drug-likeness (QED) is 0.531. The van der Waals surface area contributed by atoms with E-state index in [9.17, 15) is 0 Å². The van der Waals surface area contributed by atoms with Crippen molar-refractivity contribution >= 4 is 22.6 Å². The second-order valence-corrected chi connectivity index (χ2v) is 7.91. The summed E-state index contributed by atoms with van der Waals surface area (Å²) in [4.78, 5) is 0. The summed E-state index contributed by atoms with van der Waals surface area (Å²) in [7, 11) is 1.71. The van der Waals surface area contributed by atoms with Crippen LogP contribution < -0.4 is 0 Å². The van der Waals surface area contributed by atoms with E-state index in [2.05, 4.69) is 43.4 Å². The molecule has 0 saturated carbocycles. The van der Waals surface area contributed by atoms with Crippen LogP contribution in [0, 0.1) is 5.92 Å². The molecule has 4 nitrogen and oxygen atoms in total. The Hall–Kier alpha value is 0.570. The van der Waals surface area contributed by atoms with Gasteiger partial charge in [0, 0.05) is 24.4 Å². The Bertz CT molecular complexity index is 391. The molecule has 4 aliphatic heterocycles. The van der Waals surface area contributed by atoms with Gasteiger partial charge in [0.15, 0.2) is 5.79 Å². The SMILES string of the molecule is CO[C@]12CC[C@](C)(OC1(C)C)[C@]1(CC[C@H](CI)CO1)O2. The van der Waals surface area contributed by atoms with E-state index in [4.69, 9.17) is 18.9 Å². The van der Waals surface area contributed by atoms with Gasteiger partial charge in [-0.1, -0.05) is 22.6 Å². The number of hydrogen-bond acceptors (Lipinski definition) is 4. The van der Waals surface area contributed by atoms with Gasteiger partial charge in [-0.3, -0.25) is 0 Å². The van der Waals surface area contributed by atoms with Gasteiger partial charge in [0.25, 0.3) is 0 Å². The van der Waals surface area contributed by atoms with Crippen LogP contribution in [0.4, 0.5) is 0 Å². The molecular formula is C15H25IO4. The Morgan fingerprint density at radius 2 is 1.90 bits per heavy atom. The summed E-state index contributed by atoms with van der Waals surface area (Å²) in [5.41, 5.74) is -0.837. The van der Waals surface area contributed by atoms with Crippen molar-refractivity contribution in [2.75, 3.05) is 18.1 Å². The van der Waals surface area contributed by atoms with E-state index in [0.717, 1.165) is 36.7 Å². The van der Waals surface area contributed by atoms with E-state index in [1.54, 1.807) is 7.11 Å². The molecule has 0 N–H and O–H groups in total. The molecule has 4 heterocycles. The van der Waals surface area contributed by atoms with E-state index in [1.807, 2.05) is 0 Å². The van der Waals surface area contributed by atoms with Gasteiger partial charge in [0.2, 0.25) is 5.79 Å². The Kier molecular flexibility index (Phi) is 3.70. The van der Waals surface area contributed by atoms with Crippen molar-refractivity contribution in [2.24, 2.45) is 5.92 Å². The molecule has 0 amide bonds.